The van der Waals surface area contributed by atoms with Crippen LogP contribution >= 0.6 is 0 Å². The molecule has 1 unspecified atom stereocenters. The molecule has 0 bridgehead atoms. The second kappa shape index (κ2) is 5.87. The number of benzene rings is 1. The van der Waals surface area contributed by atoms with Crippen molar-refractivity contribution in [3.05, 3.63) is 29.8 Å². The maximum Gasteiger partial charge on any atom is 0.115 e. The van der Waals surface area contributed by atoms with Crippen molar-refractivity contribution in [3.63, 3.8) is 0 Å². The molecule has 0 aromatic heterocycles. The number of rotatable bonds is 5. The van der Waals surface area contributed by atoms with Gasteiger partial charge in [-0.05, 0) is 45.8 Å². The van der Waals surface area contributed by atoms with Crippen LogP contribution in [0.15, 0.2) is 24.3 Å². The molecular weight excluding hydrogens is 200 g/mol. The maximum absolute atomic E-state index is 9.23. The molecule has 1 rings (SSSR count). The number of nitrogens with zero attached hydrogens (tertiary/aromatic N) is 2. The van der Waals surface area contributed by atoms with Crippen LogP contribution in [0.2, 0.25) is 0 Å². The Hall–Kier alpha value is -1.06. The van der Waals surface area contributed by atoms with Crippen LogP contribution in [0.3, 0.4) is 0 Å². The molecule has 0 saturated carbocycles. The van der Waals surface area contributed by atoms with E-state index < -0.39 is 0 Å². The molecule has 0 saturated heterocycles. The maximum atomic E-state index is 9.23. The average molecular weight is 222 g/mol. The molecule has 0 fully saturated rings. The predicted molar refractivity (Wildman–Crippen MR) is 67.7 cm³/mol. The standard InChI is InChI=1S/C13H22N2O/c1-11(15(4)10-9-14(2)3)12-5-7-13(16)8-6-12/h5-8,11,16H,9-10H2,1-4H3. The van der Waals surface area contributed by atoms with Crippen molar-refractivity contribution in [2.75, 3.05) is 34.2 Å². The lowest BCUT2D eigenvalue weighted by atomic mass is 10.1. The van der Waals surface area contributed by atoms with Crippen LogP contribution in [0.25, 0.3) is 0 Å². The summed E-state index contributed by atoms with van der Waals surface area (Å²) < 4.78 is 0. The number of phenolic OH excluding ortho intramolecular Hbond substituents is 1. The molecule has 3 heteroatoms. The first kappa shape index (κ1) is 13.0. The summed E-state index contributed by atoms with van der Waals surface area (Å²) in [6, 6.07) is 7.82. The smallest absolute Gasteiger partial charge is 0.115 e. The van der Waals surface area contributed by atoms with Crippen molar-refractivity contribution < 1.29 is 5.11 Å². The molecule has 0 amide bonds. The highest BCUT2D eigenvalue weighted by Crippen LogP contribution is 2.20. The number of aromatic hydroxyl groups is 1. The highest BCUT2D eigenvalue weighted by atomic mass is 16.3. The first-order chi connectivity index (χ1) is 7.50. The Kier molecular flexibility index (Phi) is 4.77. The van der Waals surface area contributed by atoms with Crippen LogP contribution in [0.4, 0.5) is 0 Å². The van der Waals surface area contributed by atoms with Crippen molar-refractivity contribution in [3.8, 4) is 5.75 Å². The van der Waals surface area contributed by atoms with Crippen LogP contribution < -0.4 is 0 Å². The van der Waals surface area contributed by atoms with Crippen molar-refractivity contribution in [1.29, 1.82) is 0 Å². The summed E-state index contributed by atoms with van der Waals surface area (Å²) in [6.07, 6.45) is 0. The lowest BCUT2D eigenvalue weighted by Gasteiger charge is -2.26. The van der Waals surface area contributed by atoms with Gasteiger partial charge in [0.05, 0.1) is 0 Å². The molecule has 16 heavy (non-hydrogen) atoms. The number of likely N-dealkylation sites (N-methyl/N-ethyl adjacent to an activating group) is 2. The van der Waals surface area contributed by atoms with Gasteiger partial charge in [0.15, 0.2) is 0 Å². The average Bonchev–Trinajstić information content (AvgIpc) is 2.26. The summed E-state index contributed by atoms with van der Waals surface area (Å²) in [5.41, 5.74) is 1.24. The number of hydrogen-bond donors (Lipinski definition) is 1. The quantitative estimate of drug-likeness (QED) is 0.825. The molecule has 0 aliphatic rings. The minimum atomic E-state index is 0.326. The lowest BCUT2D eigenvalue weighted by molar-refractivity contribution is 0.231. The zero-order chi connectivity index (χ0) is 12.1. The Morgan fingerprint density at radius 3 is 2.12 bits per heavy atom. The third kappa shape index (κ3) is 3.83. The summed E-state index contributed by atoms with van der Waals surface area (Å²) in [5.74, 6) is 0.326. The molecule has 1 N–H and O–H groups in total. The molecule has 1 aromatic carbocycles. The van der Waals surface area contributed by atoms with Crippen LogP contribution in [0, 0.1) is 0 Å². The fourth-order valence-electron chi connectivity index (χ4n) is 1.56. The van der Waals surface area contributed by atoms with Crippen LogP contribution in [0.5, 0.6) is 5.75 Å². The molecule has 0 spiro atoms. The Morgan fingerprint density at radius 2 is 1.62 bits per heavy atom. The highest BCUT2D eigenvalue weighted by Gasteiger charge is 2.11. The van der Waals surface area contributed by atoms with Crippen LogP contribution in [0.1, 0.15) is 18.5 Å². The number of phenols is 1. The van der Waals surface area contributed by atoms with E-state index in [4.69, 9.17) is 0 Å². The normalized spacial score (nSPS) is 13.4. The predicted octanol–water partition coefficient (Wildman–Crippen LogP) is 1.95. The summed E-state index contributed by atoms with van der Waals surface area (Å²) in [4.78, 5) is 4.49. The molecule has 1 atom stereocenters. The molecular formula is C13H22N2O. The van der Waals surface area contributed by atoms with Crippen LogP contribution in [-0.4, -0.2) is 49.1 Å². The van der Waals surface area contributed by atoms with Gasteiger partial charge in [0.2, 0.25) is 0 Å². The van der Waals surface area contributed by atoms with Gasteiger partial charge in [-0.25, -0.2) is 0 Å². The van der Waals surface area contributed by atoms with Crippen molar-refractivity contribution in [2.45, 2.75) is 13.0 Å². The lowest BCUT2D eigenvalue weighted by Crippen LogP contribution is -2.30. The second-order valence-corrected chi connectivity index (χ2v) is 4.55. The first-order valence-corrected chi connectivity index (χ1v) is 5.64. The Morgan fingerprint density at radius 1 is 1.06 bits per heavy atom. The molecule has 1 aromatic rings. The van der Waals surface area contributed by atoms with Gasteiger partial charge in [-0.3, -0.25) is 4.90 Å². The van der Waals surface area contributed by atoms with Gasteiger partial charge in [-0.1, -0.05) is 12.1 Å². The zero-order valence-corrected chi connectivity index (χ0v) is 10.6. The van der Waals surface area contributed by atoms with E-state index >= 15 is 0 Å². The van der Waals surface area contributed by atoms with E-state index in [0.717, 1.165) is 13.1 Å². The molecule has 0 heterocycles. The van der Waals surface area contributed by atoms with Gasteiger partial charge >= 0.3 is 0 Å². The van der Waals surface area contributed by atoms with Gasteiger partial charge in [-0.2, -0.15) is 0 Å². The Labute approximate surface area is 98.3 Å². The van der Waals surface area contributed by atoms with Gasteiger partial charge in [-0.15, -0.1) is 0 Å². The third-order valence-electron chi connectivity index (χ3n) is 2.94. The van der Waals surface area contributed by atoms with E-state index in [1.165, 1.54) is 5.56 Å². The van der Waals surface area contributed by atoms with E-state index in [0.29, 0.717) is 11.8 Å². The second-order valence-electron chi connectivity index (χ2n) is 4.55. The summed E-state index contributed by atoms with van der Waals surface area (Å²) in [5, 5.41) is 9.23. The fraction of sp³-hybridized carbons (Fsp3) is 0.538. The molecule has 90 valence electrons. The summed E-state index contributed by atoms with van der Waals surface area (Å²) in [6.45, 7) is 4.27. The van der Waals surface area contributed by atoms with E-state index in [-0.39, 0.29) is 0 Å². The summed E-state index contributed by atoms with van der Waals surface area (Å²) in [7, 11) is 6.29. The molecule has 0 radical (unpaired) electrons. The van der Waals surface area contributed by atoms with Crippen molar-refractivity contribution in [2.24, 2.45) is 0 Å². The third-order valence-corrected chi connectivity index (χ3v) is 2.94. The minimum Gasteiger partial charge on any atom is -0.508 e. The molecule has 3 nitrogen and oxygen atoms in total. The fourth-order valence-corrected chi connectivity index (χ4v) is 1.56. The minimum absolute atomic E-state index is 0.326. The van der Waals surface area contributed by atoms with Gasteiger partial charge in [0.1, 0.15) is 5.75 Å². The zero-order valence-electron chi connectivity index (χ0n) is 10.6. The molecule has 0 aliphatic carbocycles. The summed E-state index contributed by atoms with van der Waals surface area (Å²) >= 11 is 0. The van der Waals surface area contributed by atoms with E-state index in [1.807, 2.05) is 12.1 Å². The Bertz CT molecular complexity index is 308. The number of hydrogen-bond acceptors (Lipinski definition) is 3. The van der Waals surface area contributed by atoms with E-state index in [2.05, 4.69) is 37.9 Å². The SMILES string of the molecule is CC(c1ccc(O)cc1)N(C)CCN(C)C. The van der Waals surface area contributed by atoms with Crippen molar-refractivity contribution >= 4 is 0 Å². The van der Waals surface area contributed by atoms with Crippen molar-refractivity contribution in [1.82, 2.24) is 9.80 Å². The Balaban J connectivity index is 2.56. The monoisotopic (exact) mass is 222 g/mol. The van der Waals surface area contributed by atoms with Gasteiger partial charge < -0.3 is 10.0 Å². The van der Waals surface area contributed by atoms with E-state index in [1.54, 1.807) is 12.1 Å². The highest BCUT2D eigenvalue weighted by molar-refractivity contribution is 5.27. The molecule has 0 aliphatic heterocycles. The van der Waals surface area contributed by atoms with E-state index in [9.17, 15) is 5.11 Å². The van der Waals surface area contributed by atoms with Gasteiger partial charge in [0, 0.05) is 19.1 Å². The topological polar surface area (TPSA) is 26.7 Å². The first-order valence-electron chi connectivity index (χ1n) is 5.64. The van der Waals surface area contributed by atoms with Gasteiger partial charge in [0.25, 0.3) is 0 Å². The largest absolute Gasteiger partial charge is 0.508 e. The van der Waals surface area contributed by atoms with Crippen LogP contribution in [-0.2, 0) is 0 Å².